The second-order valence-electron chi connectivity index (χ2n) is 11.3. The Balaban J connectivity index is 2.06. The molecule has 0 aliphatic carbocycles. The standard InChI is InChI=1S/C25H38N6O7Si/c1-9-15-17(38-39(7,8)25(4,5)6)18(37-24(34)35-12-10-11-26)22(36-15)31-13-27-16-19(31)28-23(30-21(16)33)29-20(32)14(2)3/h13-15,17-18,22H,9-10,12H2,1-8H3,(H2,28,29,30,32,33)/t15-,17+,18?,22-/m1/s1. The Morgan fingerprint density at radius 2 is 2.00 bits per heavy atom. The van der Waals surface area contributed by atoms with Crippen LogP contribution < -0.4 is 10.9 Å². The minimum Gasteiger partial charge on any atom is -0.433 e. The van der Waals surface area contributed by atoms with Crippen LogP contribution in [-0.4, -0.2) is 64.8 Å². The number of aromatic amines is 1. The van der Waals surface area contributed by atoms with Crippen LogP contribution in [0.25, 0.3) is 11.2 Å². The molecule has 2 aromatic heterocycles. The van der Waals surface area contributed by atoms with E-state index in [4.69, 9.17) is 23.9 Å². The first-order valence-corrected chi connectivity index (χ1v) is 15.9. The van der Waals surface area contributed by atoms with Crippen LogP contribution in [0.1, 0.15) is 60.6 Å². The lowest BCUT2D eigenvalue weighted by molar-refractivity contribution is -0.118. The second kappa shape index (κ2) is 11.8. The zero-order valence-corrected chi connectivity index (χ0v) is 24.7. The Morgan fingerprint density at radius 1 is 1.31 bits per heavy atom. The topological polar surface area (TPSA) is 170 Å². The number of carbonyl (C=O) groups excluding carboxylic acids is 2. The van der Waals surface area contributed by atoms with Crippen LogP contribution in [0.15, 0.2) is 11.1 Å². The minimum absolute atomic E-state index is 0.0188. The molecular weight excluding hydrogens is 524 g/mol. The molecule has 1 amide bonds. The van der Waals surface area contributed by atoms with Crippen molar-refractivity contribution in [1.29, 1.82) is 5.26 Å². The van der Waals surface area contributed by atoms with Gasteiger partial charge in [0.1, 0.15) is 12.7 Å². The van der Waals surface area contributed by atoms with Crippen LogP contribution >= 0.6 is 0 Å². The van der Waals surface area contributed by atoms with Crippen LogP contribution in [0, 0.1) is 17.2 Å². The summed E-state index contributed by atoms with van der Waals surface area (Å²) in [4.78, 5) is 48.8. The second-order valence-corrected chi connectivity index (χ2v) is 16.0. The molecule has 214 valence electrons. The Labute approximate surface area is 228 Å². The Kier molecular flexibility index (Phi) is 9.19. The maximum Gasteiger partial charge on any atom is 0.508 e. The monoisotopic (exact) mass is 562 g/mol. The molecule has 2 N–H and O–H groups in total. The Bertz CT molecular complexity index is 1290. The van der Waals surface area contributed by atoms with Gasteiger partial charge in [0, 0.05) is 5.92 Å². The molecule has 0 radical (unpaired) electrons. The van der Waals surface area contributed by atoms with E-state index in [1.165, 1.54) is 10.9 Å². The zero-order chi connectivity index (χ0) is 29.1. The highest BCUT2D eigenvalue weighted by atomic mass is 28.4. The fourth-order valence-electron chi connectivity index (χ4n) is 3.80. The molecule has 14 heteroatoms. The van der Waals surface area contributed by atoms with Gasteiger partial charge in [-0.05, 0) is 24.6 Å². The van der Waals surface area contributed by atoms with E-state index in [0.29, 0.717) is 6.42 Å². The molecule has 1 aliphatic heterocycles. The number of amides is 1. The first-order chi connectivity index (χ1) is 18.2. The average molecular weight is 563 g/mol. The molecule has 0 bridgehead atoms. The first-order valence-electron chi connectivity index (χ1n) is 13.0. The number of H-pyrrole nitrogens is 1. The molecule has 39 heavy (non-hydrogen) atoms. The summed E-state index contributed by atoms with van der Waals surface area (Å²) in [6, 6.07) is 1.91. The predicted octanol–water partition coefficient (Wildman–Crippen LogP) is 3.85. The molecule has 4 atom stereocenters. The van der Waals surface area contributed by atoms with Gasteiger partial charge in [0.15, 0.2) is 31.8 Å². The maximum absolute atomic E-state index is 12.8. The number of ether oxygens (including phenoxy) is 3. The summed E-state index contributed by atoms with van der Waals surface area (Å²) in [6.07, 6.45) is -2.06. The van der Waals surface area contributed by atoms with Crippen molar-refractivity contribution < 1.29 is 28.2 Å². The molecule has 1 aliphatic rings. The number of fused-ring (bicyclic) bond motifs is 1. The summed E-state index contributed by atoms with van der Waals surface area (Å²) in [6.45, 7) is 15.7. The van der Waals surface area contributed by atoms with E-state index in [1.54, 1.807) is 13.8 Å². The summed E-state index contributed by atoms with van der Waals surface area (Å²) >= 11 is 0. The van der Waals surface area contributed by atoms with E-state index in [2.05, 4.69) is 54.1 Å². The van der Waals surface area contributed by atoms with Crippen molar-refractivity contribution in [2.75, 3.05) is 11.9 Å². The van der Waals surface area contributed by atoms with Crippen molar-refractivity contribution >= 4 is 37.5 Å². The van der Waals surface area contributed by atoms with Gasteiger partial charge in [0.2, 0.25) is 11.9 Å². The quantitative estimate of drug-likeness (QED) is 0.260. The summed E-state index contributed by atoms with van der Waals surface area (Å²) in [7, 11) is -2.37. The number of hydrogen-bond acceptors (Lipinski definition) is 10. The number of anilines is 1. The van der Waals surface area contributed by atoms with E-state index >= 15 is 0 Å². The van der Waals surface area contributed by atoms with E-state index < -0.39 is 44.6 Å². The van der Waals surface area contributed by atoms with Crippen molar-refractivity contribution in [3.8, 4) is 6.07 Å². The number of nitriles is 1. The highest BCUT2D eigenvalue weighted by Gasteiger charge is 2.52. The van der Waals surface area contributed by atoms with E-state index in [-0.39, 0.29) is 47.0 Å². The number of nitrogens with zero attached hydrogens (tertiary/aromatic N) is 4. The van der Waals surface area contributed by atoms with E-state index in [1.807, 2.05) is 13.0 Å². The summed E-state index contributed by atoms with van der Waals surface area (Å²) < 4.78 is 25.5. The smallest absolute Gasteiger partial charge is 0.433 e. The number of carbonyl (C=O) groups is 2. The fourth-order valence-corrected chi connectivity index (χ4v) is 5.12. The molecule has 0 spiro atoms. The third kappa shape index (κ3) is 6.66. The lowest BCUT2D eigenvalue weighted by Crippen LogP contribution is -2.50. The highest BCUT2D eigenvalue weighted by Crippen LogP contribution is 2.43. The number of nitrogens with one attached hydrogen (secondary N) is 2. The lowest BCUT2D eigenvalue weighted by Gasteiger charge is -2.40. The van der Waals surface area contributed by atoms with Gasteiger partial charge >= 0.3 is 6.16 Å². The van der Waals surface area contributed by atoms with Crippen molar-refractivity contribution in [3.63, 3.8) is 0 Å². The maximum atomic E-state index is 12.8. The van der Waals surface area contributed by atoms with Gasteiger partial charge in [-0.1, -0.05) is 41.5 Å². The Hall–Kier alpha value is -3.28. The number of hydrogen-bond donors (Lipinski definition) is 2. The molecule has 1 saturated heterocycles. The molecule has 1 unspecified atom stereocenters. The molecular formula is C25H38N6O7Si. The van der Waals surface area contributed by atoms with Gasteiger partial charge in [0.25, 0.3) is 5.56 Å². The average Bonchev–Trinajstić information content (AvgIpc) is 3.40. The molecule has 3 heterocycles. The summed E-state index contributed by atoms with van der Waals surface area (Å²) in [5, 5.41) is 11.2. The van der Waals surface area contributed by atoms with Crippen LogP contribution in [0.4, 0.5) is 10.7 Å². The molecule has 2 aromatic rings. The number of imidazole rings is 1. The SMILES string of the molecule is CC[C@H]1O[C@@H](n2cnc3c(=O)[nH]c(NC(=O)C(C)C)nc32)C(OC(=O)OCCC#N)[C@H]1O[Si](C)(C)C(C)(C)C. The van der Waals surface area contributed by atoms with Gasteiger partial charge in [0.05, 0.1) is 24.9 Å². The third-order valence-corrected chi connectivity index (χ3v) is 11.5. The molecule has 0 aromatic carbocycles. The largest absolute Gasteiger partial charge is 0.508 e. The van der Waals surface area contributed by atoms with Crippen molar-refractivity contribution in [1.82, 2.24) is 19.5 Å². The Morgan fingerprint density at radius 3 is 2.59 bits per heavy atom. The van der Waals surface area contributed by atoms with Crippen LogP contribution in [0.3, 0.4) is 0 Å². The highest BCUT2D eigenvalue weighted by molar-refractivity contribution is 6.74. The van der Waals surface area contributed by atoms with Crippen molar-refractivity contribution in [3.05, 3.63) is 16.7 Å². The van der Waals surface area contributed by atoms with Crippen LogP contribution in [0.5, 0.6) is 0 Å². The lowest BCUT2D eigenvalue weighted by atomic mass is 10.1. The van der Waals surface area contributed by atoms with Gasteiger partial charge in [-0.15, -0.1) is 0 Å². The van der Waals surface area contributed by atoms with Gasteiger partial charge in [-0.25, -0.2) is 9.78 Å². The van der Waals surface area contributed by atoms with E-state index in [0.717, 1.165) is 0 Å². The summed E-state index contributed by atoms with van der Waals surface area (Å²) in [5.74, 6) is -0.700. The zero-order valence-electron chi connectivity index (χ0n) is 23.7. The van der Waals surface area contributed by atoms with Crippen molar-refractivity contribution in [2.45, 2.75) is 97.1 Å². The molecule has 1 fully saturated rings. The minimum atomic E-state index is -2.37. The number of aromatic nitrogens is 4. The molecule has 0 saturated carbocycles. The first kappa shape index (κ1) is 30.3. The van der Waals surface area contributed by atoms with Gasteiger partial charge in [-0.3, -0.25) is 24.5 Å². The van der Waals surface area contributed by atoms with Crippen molar-refractivity contribution in [2.24, 2.45) is 5.92 Å². The predicted molar refractivity (Wildman–Crippen MR) is 144 cm³/mol. The van der Waals surface area contributed by atoms with Crippen LogP contribution in [0.2, 0.25) is 18.1 Å². The van der Waals surface area contributed by atoms with Crippen LogP contribution in [-0.2, 0) is 23.4 Å². The normalized spacial score (nSPS) is 21.6. The molecule has 3 rings (SSSR count). The van der Waals surface area contributed by atoms with E-state index in [9.17, 15) is 14.4 Å². The van der Waals surface area contributed by atoms with Gasteiger partial charge < -0.3 is 18.6 Å². The fraction of sp³-hybridized carbons (Fsp3) is 0.680. The molecule has 13 nitrogen and oxygen atoms in total. The third-order valence-electron chi connectivity index (χ3n) is 7.06. The summed E-state index contributed by atoms with van der Waals surface area (Å²) in [5.41, 5.74) is -0.388. The van der Waals surface area contributed by atoms with Gasteiger partial charge in [-0.2, -0.15) is 10.2 Å². The number of rotatable bonds is 9.